The van der Waals surface area contributed by atoms with Gasteiger partial charge in [0.15, 0.2) is 5.15 Å². The number of sulfone groups is 1. The Labute approximate surface area is 130 Å². The molecule has 3 rings (SSSR count). The summed E-state index contributed by atoms with van der Waals surface area (Å²) in [6.07, 6.45) is 0. The third kappa shape index (κ3) is 2.20. The summed E-state index contributed by atoms with van der Waals surface area (Å²) in [6.45, 7) is 1.58. The SMILES string of the molecule is Cc1nc(Cl)c2[nH]c(N)c(S(=O)(=O)c3cccc(F)c3)c2n1. The lowest BCUT2D eigenvalue weighted by Gasteiger charge is -2.04. The number of nitrogens with two attached hydrogens (primary N) is 1. The number of anilines is 1. The van der Waals surface area contributed by atoms with Gasteiger partial charge in [-0.1, -0.05) is 17.7 Å². The number of fused-ring (bicyclic) bond motifs is 1. The number of hydrogen-bond acceptors (Lipinski definition) is 5. The lowest BCUT2D eigenvalue weighted by Crippen LogP contribution is -2.05. The molecule has 0 spiro atoms. The van der Waals surface area contributed by atoms with Crippen molar-refractivity contribution in [1.29, 1.82) is 0 Å². The Bertz CT molecular complexity index is 1000. The van der Waals surface area contributed by atoms with E-state index >= 15 is 0 Å². The molecule has 0 radical (unpaired) electrons. The fourth-order valence-corrected chi connectivity index (χ4v) is 3.92. The lowest BCUT2D eigenvalue weighted by molar-refractivity contribution is 0.592. The quantitative estimate of drug-likeness (QED) is 0.698. The zero-order chi connectivity index (χ0) is 16.1. The fourth-order valence-electron chi connectivity index (χ4n) is 2.16. The van der Waals surface area contributed by atoms with Gasteiger partial charge >= 0.3 is 0 Å². The molecule has 0 amide bonds. The van der Waals surface area contributed by atoms with Crippen molar-refractivity contribution in [3.05, 3.63) is 41.1 Å². The summed E-state index contributed by atoms with van der Waals surface area (Å²) in [5, 5.41) is 0.0647. The molecule has 6 nitrogen and oxygen atoms in total. The summed E-state index contributed by atoms with van der Waals surface area (Å²) in [5.41, 5.74) is 6.08. The van der Waals surface area contributed by atoms with E-state index in [1.165, 1.54) is 12.1 Å². The third-order valence-electron chi connectivity index (χ3n) is 3.07. The van der Waals surface area contributed by atoms with Gasteiger partial charge in [-0.05, 0) is 25.1 Å². The highest BCUT2D eigenvalue weighted by atomic mass is 35.5. The highest BCUT2D eigenvalue weighted by molar-refractivity contribution is 7.92. The molecule has 114 valence electrons. The molecule has 1 aromatic carbocycles. The fraction of sp³-hybridized carbons (Fsp3) is 0.0769. The van der Waals surface area contributed by atoms with Crippen LogP contribution in [0.15, 0.2) is 34.1 Å². The molecule has 9 heteroatoms. The normalized spacial score (nSPS) is 12.0. The molecule has 3 aromatic rings. The van der Waals surface area contributed by atoms with Gasteiger partial charge in [-0.25, -0.2) is 22.8 Å². The minimum absolute atomic E-state index is 0.0647. The smallest absolute Gasteiger partial charge is 0.212 e. The largest absolute Gasteiger partial charge is 0.384 e. The molecule has 0 fully saturated rings. The maximum absolute atomic E-state index is 13.3. The van der Waals surface area contributed by atoms with Crippen LogP contribution in [0, 0.1) is 12.7 Å². The predicted octanol–water partition coefficient (Wildman–Crippen LogP) is 2.47. The Morgan fingerprint density at radius 3 is 2.73 bits per heavy atom. The zero-order valence-electron chi connectivity index (χ0n) is 11.3. The molecule has 0 saturated carbocycles. The molecule has 2 heterocycles. The first-order chi connectivity index (χ1) is 10.3. The Kier molecular flexibility index (Phi) is 3.30. The topological polar surface area (TPSA) is 102 Å². The van der Waals surface area contributed by atoms with Crippen molar-refractivity contribution in [2.75, 3.05) is 5.73 Å². The molecule has 0 aliphatic rings. The van der Waals surface area contributed by atoms with Gasteiger partial charge in [-0.2, -0.15) is 0 Å². The third-order valence-corrected chi connectivity index (χ3v) is 5.17. The van der Waals surface area contributed by atoms with E-state index in [0.29, 0.717) is 5.82 Å². The van der Waals surface area contributed by atoms with Crippen LogP contribution < -0.4 is 5.73 Å². The van der Waals surface area contributed by atoms with Crippen LogP contribution in [0.4, 0.5) is 10.2 Å². The van der Waals surface area contributed by atoms with E-state index in [9.17, 15) is 12.8 Å². The molecule has 0 atom stereocenters. The first-order valence-corrected chi connectivity index (χ1v) is 7.99. The van der Waals surface area contributed by atoms with Crippen LogP contribution in [0.1, 0.15) is 5.82 Å². The summed E-state index contributed by atoms with van der Waals surface area (Å²) in [7, 11) is -4.05. The summed E-state index contributed by atoms with van der Waals surface area (Å²) in [4.78, 5) is 10.2. The molecule has 2 aromatic heterocycles. The molecule has 0 unspecified atom stereocenters. The van der Waals surface area contributed by atoms with Crippen molar-refractivity contribution < 1.29 is 12.8 Å². The van der Waals surface area contributed by atoms with Gasteiger partial charge in [0.25, 0.3) is 0 Å². The van der Waals surface area contributed by atoms with Gasteiger partial charge in [0.2, 0.25) is 9.84 Å². The van der Waals surface area contributed by atoms with Crippen LogP contribution in [0.25, 0.3) is 11.0 Å². The highest BCUT2D eigenvalue weighted by Gasteiger charge is 2.28. The second kappa shape index (κ2) is 4.92. The van der Waals surface area contributed by atoms with Gasteiger partial charge in [0.1, 0.15) is 33.4 Å². The number of halogens is 2. The number of benzene rings is 1. The number of hydrogen-bond donors (Lipinski definition) is 2. The lowest BCUT2D eigenvalue weighted by atomic mass is 10.3. The summed E-state index contributed by atoms with van der Waals surface area (Å²) in [5.74, 6) is -0.489. The van der Waals surface area contributed by atoms with E-state index in [-0.39, 0.29) is 31.8 Å². The maximum Gasteiger partial charge on any atom is 0.212 e. The van der Waals surface area contributed by atoms with Gasteiger partial charge in [-0.15, -0.1) is 0 Å². The molecular formula is C13H10ClFN4O2S. The van der Waals surface area contributed by atoms with Crippen LogP contribution in [-0.2, 0) is 9.84 Å². The number of rotatable bonds is 2. The second-order valence-electron chi connectivity index (χ2n) is 4.61. The van der Waals surface area contributed by atoms with E-state index in [4.69, 9.17) is 17.3 Å². The van der Waals surface area contributed by atoms with E-state index in [0.717, 1.165) is 12.1 Å². The standard InChI is InChI=1S/C13H10ClFN4O2S/c1-6-17-9-10(12(14)18-6)19-13(16)11(9)22(20,21)8-4-2-3-7(15)5-8/h2-5,19H,16H2,1H3. The zero-order valence-corrected chi connectivity index (χ0v) is 12.8. The average Bonchev–Trinajstić information content (AvgIpc) is 2.76. The van der Waals surface area contributed by atoms with E-state index in [1.807, 2.05) is 0 Å². The molecule has 0 aliphatic carbocycles. The molecule has 0 aliphatic heterocycles. The Hall–Kier alpha value is -2.19. The average molecular weight is 341 g/mol. The summed E-state index contributed by atoms with van der Waals surface area (Å²) >= 11 is 5.98. The van der Waals surface area contributed by atoms with Crippen molar-refractivity contribution >= 4 is 38.3 Å². The number of nitrogens with zero attached hydrogens (tertiary/aromatic N) is 2. The van der Waals surface area contributed by atoms with E-state index in [2.05, 4.69) is 15.0 Å². The first-order valence-electron chi connectivity index (χ1n) is 6.12. The molecular weight excluding hydrogens is 331 g/mol. The Morgan fingerprint density at radius 1 is 1.32 bits per heavy atom. The van der Waals surface area contributed by atoms with Crippen LogP contribution >= 0.6 is 11.6 Å². The number of aromatic nitrogens is 3. The Balaban J connectivity index is 2.37. The van der Waals surface area contributed by atoms with Crippen molar-refractivity contribution in [3.8, 4) is 0 Å². The number of aryl methyl sites for hydroxylation is 1. The van der Waals surface area contributed by atoms with Crippen LogP contribution in [0.3, 0.4) is 0 Å². The maximum atomic E-state index is 13.3. The number of nitrogen functional groups attached to an aromatic ring is 1. The number of H-pyrrole nitrogens is 1. The monoisotopic (exact) mass is 340 g/mol. The molecule has 0 bridgehead atoms. The van der Waals surface area contributed by atoms with Crippen LogP contribution in [0.5, 0.6) is 0 Å². The minimum atomic E-state index is -4.05. The predicted molar refractivity (Wildman–Crippen MR) is 79.9 cm³/mol. The van der Waals surface area contributed by atoms with Crippen molar-refractivity contribution in [2.45, 2.75) is 16.7 Å². The molecule has 22 heavy (non-hydrogen) atoms. The molecule has 3 N–H and O–H groups in total. The second-order valence-corrected chi connectivity index (χ2v) is 6.86. The summed E-state index contributed by atoms with van der Waals surface area (Å²) < 4.78 is 38.8. The van der Waals surface area contributed by atoms with Crippen LogP contribution in [0.2, 0.25) is 5.15 Å². The minimum Gasteiger partial charge on any atom is -0.384 e. The number of nitrogens with one attached hydrogen (secondary N) is 1. The van der Waals surface area contributed by atoms with Gasteiger partial charge in [0, 0.05) is 0 Å². The van der Waals surface area contributed by atoms with Crippen molar-refractivity contribution in [2.24, 2.45) is 0 Å². The van der Waals surface area contributed by atoms with Gasteiger partial charge in [-0.3, -0.25) is 0 Å². The van der Waals surface area contributed by atoms with Crippen LogP contribution in [-0.4, -0.2) is 23.4 Å². The highest BCUT2D eigenvalue weighted by Crippen LogP contribution is 2.34. The van der Waals surface area contributed by atoms with E-state index in [1.54, 1.807) is 6.92 Å². The summed E-state index contributed by atoms with van der Waals surface area (Å²) in [6, 6.07) is 4.66. The first kappa shape index (κ1) is 14.7. The van der Waals surface area contributed by atoms with E-state index < -0.39 is 15.7 Å². The van der Waals surface area contributed by atoms with Crippen molar-refractivity contribution in [3.63, 3.8) is 0 Å². The van der Waals surface area contributed by atoms with Gasteiger partial charge < -0.3 is 10.7 Å². The molecule has 0 saturated heterocycles. The van der Waals surface area contributed by atoms with Crippen molar-refractivity contribution in [1.82, 2.24) is 15.0 Å². The Morgan fingerprint density at radius 2 is 2.05 bits per heavy atom. The van der Waals surface area contributed by atoms with Gasteiger partial charge in [0.05, 0.1) is 4.90 Å². The number of aromatic amines is 1.